The third-order valence-electron chi connectivity index (χ3n) is 2.39. The first-order valence-corrected chi connectivity index (χ1v) is 5.85. The van der Waals surface area contributed by atoms with Crippen LogP contribution >= 0.6 is 15.9 Å². The second-order valence-electron chi connectivity index (χ2n) is 4.35. The van der Waals surface area contributed by atoms with Crippen LogP contribution < -0.4 is 5.32 Å². The van der Waals surface area contributed by atoms with Crippen LogP contribution in [0.3, 0.4) is 0 Å². The van der Waals surface area contributed by atoms with Crippen LogP contribution in [0.5, 0.6) is 0 Å². The molecule has 0 saturated heterocycles. The zero-order valence-corrected chi connectivity index (χ0v) is 11.5. The highest BCUT2D eigenvalue weighted by atomic mass is 79.9. The van der Waals surface area contributed by atoms with E-state index in [-0.39, 0.29) is 0 Å². The van der Waals surface area contributed by atoms with E-state index >= 15 is 0 Å². The Labute approximate surface area is 108 Å². The van der Waals surface area contributed by atoms with E-state index in [0.717, 1.165) is 10.0 Å². The molecule has 4 nitrogen and oxygen atoms in total. The molecule has 1 aromatic rings. The first-order valence-electron chi connectivity index (χ1n) is 5.06. The fourth-order valence-electron chi connectivity index (χ4n) is 1.14. The number of carboxylic acids is 1. The molecule has 0 unspecified atom stereocenters. The Morgan fingerprint density at radius 1 is 1.35 bits per heavy atom. The van der Waals surface area contributed by atoms with Crippen molar-refractivity contribution < 1.29 is 14.7 Å². The summed E-state index contributed by atoms with van der Waals surface area (Å²) < 4.78 is 0.818. The highest BCUT2D eigenvalue weighted by Gasteiger charge is 2.29. The van der Waals surface area contributed by atoms with E-state index in [1.54, 1.807) is 18.2 Å². The molecule has 2 N–H and O–H groups in total. The van der Waals surface area contributed by atoms with Gasteiger partial charge in [0.25, 0.3) is 5.91 Å². The molecular weight excluding hydrogens is 286 g/mol. The van der Waals surface area contributed by atoms with Crippen LogP contribution in [-0.4, -0.2) is 22.5 Å². The summed E-state index contributed by atoms with van der Waals surface area (Å²) in [5.74, 6) is -1.48. The van der Waals surface area contributed by atoms with Gasteiger partial charge in [-0.3, -0.25) is 4.79 Å². The lowest BCUT2D eigenvalue weighted by atomic mass is 10.0. The SMILES string of the molecule is Cc1ccc(C(=O)NC(C)(C)C(=O)O)cc1Br. The minimum atomic E-state index is -1.28. The molecule has 1 aromatic carbocycles. The number of aryl methyl sites for hydroxylation is 1. The second kappa shape index (κ2) is 4.87. The number of halogens is 1. The topological polar surface area (TPSA) is 66.4 Å². The largest absolute Gasteiger partial charge is 0.480 e. The molecule has 0 saturated carbocycles. The molecule has 0 radical (unpaired) electrons. The van der Waals surface area contributed by atoms with Crippen molar-refractivity contribution in [2.45, 2.75) is 26.3 Å². The molecule has 17 heavy (non-hydrogen) atoms. The molecule has 92 valence electrons. The Morgan fingerprint density at radius 2 is 1.94 bits per heavy atom. The van der Waals surface area contributed by atoms with Gasteiger partial charge in [-0.2, -0.15) is 0 Å². The fraction of sp³-hybridized carbons (Fsp3) is 0.333. The van der Waals surface area contributed by atoms with Crippen molar-refractivity contribution in [3.63, 3.8) is 0 Å². The lowest BCUT2D eigenvalue weighted by molar-refractivity contribution is -0.143. The molecule has 0 atom stereocenters. The molecular formula is C12H14BrNO3. The Bertz CT molecular complexity index is 469. The van der Waals surface area contributed by atoms with Crippen molar-refractivity contribution in [2.24, 2.45) is 0 Å². The summed E-state index contributed by atoms with van der Waals surface area (Å²) in [6.45, 7) is 4.79. The minimum Gasteiger partial charge on any atom is -0.480 e. The molecule has 0 aromatic heterocycles. The summed E-state index contributed by atoms with van der Waals surface area (Å²) in [7, 11) is 0. The number of hydrogen-bond donors (Lipinski definition) is 2. The molecule has 0 bridgehead atoms. The number of carbonyl (C=O) groups excluding carboxylic acids is 1. The third kappa shape index (κ3) is 3.30. The number of carbonyl (C=O) groups is 2. The van der Waals surface area contributed by atoms with Gasteiger partial charge in [-0.05, 0) is 38.5 Å². The molecule has 0 heterocycles. The highest BCUT2D eigenvalue weighted by Crippen LogP contribution is 2.18. The zero-order valence-electron chi connectivity index (χ0n) is 9.87. The minimum absolute atomic E-state index is 0.405. The number of amides is 1. The predicted octanol–water partition coefficient (Wildman–Crippen LogP) is 2.35. The lowest BCUT2D eigenvalue weighted by Gasteiger charge is -2.21. The predicted molar refractivity (Wildman–Crippen MR) is 68.1 cm³/mol. The van der Waals surface area contributed by atoms with Gasteiger partial charge in [0.15, 0.2) is 0 Å². The van der Waals surface area contributed by atoms with E-state index in [9.17, 15) is 9.59 Å². The summed E-state index contributed by atoms with van der Waals surface area (Å²) in [6, 6.07) is 5.13. The van der Waals surface area contributed by atoms with Gasteiger partial charge in [0, 0.05) is 10.0 Å². The molecule has 0 aliphatic carbocycles. The van der Waals surface area contributed by atoms with Gasteiger partial charge in [-0.1, -0.05) is 22.0 Å². The van der Waals surface area contributed by atoms with Gasteiger partial charge < -0.3 is 10.4 Å². The van der Waals surface area contributed by atoms with E-state index in [1.807, 2.05) is 6.92 Å². The van der Waals surface area contributed by atoms with Crippen LogP contribution in [0.15, 0.2) is 22.7 Å². The van der Waals surface area contributed by atoms with Gasteiger partial charge >= 0.3 is 5.97 Å². The molecule has 1 amide bonds. The summed E-state index contributed by atoms with van der Waals surface area (Å²) in [5.41, 5.74) is 0.157. The Kier molecular flexibility index (Phi) is 3.93. The van der Waals surface area contributed by atoms with Gasteiger partial charge in [-0.25, -0.2) is 4.79 Å². The van der Waals surface area contributed by atoms with Crippen LogP contribution in [-0.2, 0) is 4.79 Å². The van der Waals surface area contributed by atoms with Crippen molar-refractivity contribution in [1.82, 2.24) is 5.32 Å². The molecule has 0 aliphatic heterocycles. The average Bonchev–Trinajstić information content (AvgIpc) is 2.21. The number of nitrogens with one attached hydrogen (secondary N) is 1. The van der Waals surface area contributed by atoms with Crippen molar-refractivity contribution in [2.75, 3.05) is 0 Å². The highest BCUT2D eigenvalue weighted by molar-refractivity contribution is 9.10. The van der Waals surface area contributed by atoms with Crippen molar-refractivity contribution in [1.29, 1.82) is 0 Å². The molecule has 5 heteroatoms. The third-order valence-corrected chi connectivity index (χ3v) is 3.25. The Morgan fingerprint density at radius 3 is 2.41 bits per heavy atom. The van der Waals surface area contributed by atoms with Crippen molar-refractivity contribution in [3.8, 4) is 0 Å². The summed E-state index contributed by atoms with van der Waals surface area (Å²) in [4.78, 5) is 22.7. The van der Waals surface area contributed by atoms with Gasteiger partial charge in [0.2, 0.25) is 0 Å². The number of benzene rings is 1. The first kappa shape index (κ1) is 13.7. The van der Waals surface area contributed by atoms with Gasteiger partial charge in [-0.15, -0.1) is 0 Å². The van der Waals surface area contributed by atoms with Crippen LogP contribution in [0, 0.1) is 6.92 Å². The van der Waals surface area contributed by atoms with Crippen LogP contribution in [0.4, 0.5) is 0 Å². The number of rotatable bonds is 3. The maximum Gasteiger partial charge on any atom is 0.328 e. The average molecular weight is 300 g/mol. The maximum atomic E-state index is 11.8. The number of aliphatic carboxylic acids is 1. The fourth-order valence-corrected chi connectivity index (χ4v) is 1.52. The monoisotopic (exact) mass is 299 g/mol. The van der Waals surface area contributed by atoms with Crippen LogP contribution in [0.25, 0.3) is 0 Å². The molecule has 0 aliphatic rings. The molecule has 0 spiro atoms. The standard InChI is InChI=1S/C12H14BrNO3/c1-7-4-5-8(6-9(7)13)10(15)14-12(2,3)11(16)17/h4-6H,1-3H3,(H,14,15)(H,16,17). The molecule has 1 rings (SSSR count). The Hall–Kier alpha value is -1.36. The second-order valence-corrected chi connectivity index (χ2v) is 5.20. The van der Waals surface area contributed by atoms with E-state index in [0.29, 0.717) is 5.56 Å². The Balaban J connectivity index is 2.91. The van der Waals surface area contributed by atoms with E-state index in [2.05, 4.69) is 21.2 Å². The maximum absolute atomic E-state index is 11.8. The van der Waals surface area contributed by atoms with Crippen LogP contribution in [0.2, 0.25) is 0 Å². The summed E-state index contributed by atoms with van der Waals surface area (Å²) in [6.07, 6.45) is 0. The normalized spacial score (nSPS) is 11.1. The van der Waals surface area contributed by atoms with E-state index in [1.165, 1.54) is 13.8 Å². The number of hydrogen-bond acceptors (Lipinski definition) is 2. The lowest BCUT2D eigenvalue weighted by Crippen LogP contribution is -2.49. The zero-order chi connectivity index (χ0) is 13.2. The smallest absolute Gasteiger partial charge is 0.328 e. The van der Waals surface area contributed by atoms with Crippen molar-refractivity contribution >= 4 is 27.8 Å². The van der Waals surface area contributed by atoms with Crippen LogP contribution in [0.1, 0.15) is 29.8 Å². The van der Waals surface area contributed by atoms with E-state index < -0.39 is 17.4 Å². The van der Waals surface area contributed by atoms with Crippen molar-refractivity contribution in [3.05, 3.63) is 33.8 Å². The number of carboxylic acid groups (broad SMARTS) is 1. The summed E-state index contributed by atoms with van der Waals surface area (Å²) in [5, 5.41) is 11.4. The van der Waals surface area contributed by atoms with Gasteiger partial charge in [0.1, 0.15) is 5.54 Å². The van der Waals surface area contributed by atoms with E-state index in [4.69, 9.17) is 5.11 Å². The summed E-state index contributed by atoms with van der Waals surface area (Å²) >= 11 is 3.33. The molecule has 0 fully saturated rings. The first-order chi connectivity index (χ1) is 7.74. The van der Waals surface area contributed by atoms with Gasteiger partial charge in [0.05, 0.1) is 0 Å². The quantitative estimate of drug-likeness (QED) is 0.900.